The lowest BCUT2D eigenvalue weighted by Crippen LogP contribution is -3.00. The van der Waals surface area contributed by atoms with Crippen LogP contribution in [0, 0.1) is 11.8 Å². The lowest BCUT2D eigenvalue weighted by atomic mass is 9.63. The van der Waals surface area contributed by atoms with Crippen LogP contribution in [0.2, 0.25) is 0 Å². The first-order valence-corrected chi connectivity index (χ1v) is 6.84. The molecular weight excluding hydrogens is 325 g/mol. The summed E-state index contributed by atoms with van der Waals surface area (Å²) in [7, 11) is 6.67. The Labute approximate surface area is 123 Å². The summed E-state index contributed by atoms with van der Waals surface area (Å²) in [5, 5.41) is 10.7. The summed E-state index contributed by atoms with van der Waals surface area (Å²) in [5.41, 5.74) is -0.462. The highest BCUT2D eigenvalue weighted by molar-refractivity contribution is 4.95. The molecule has 0 amide bonds. The highest BCUT2D eigenvalue weighted by atomic mass is 127. The summed E-state index contributed by atoms with van der Waals surface area (Å²) in [4.78, 5) is 0. The molecule has 17 heavy (non-hydrogen) atoms. The summed E-state index contributed by atoms with van der Waals surface area (Å²) in [6, 6.07) is 0.409. The number of aliphatic hydroxyl groups is 1. The molecule has 3 unspecified atom stereocenters. The molecule has 0 aromatic rings. The zero-order valence-electron chi connectivity index (χ0n) is 11.7. The van der Waals surface area contributed by atoms with Crippen molar-refractivity contribution in [1.29, 1.82) is 0 Å². The van der Waals surface area contributed by atoms with E-state index in [0.29, 0.717) is 6.04 Å². The lowest BCUT2D eigenvalue weighted by Gasteiger charge is -2.51. The lowest BCUT2D eigenvalue weighted by molar-refractivity contribution is -0.905. The van der Waals surface area contributed by atoms with Gasteiger partial charge in [0.25, 0.3) is 0 Å². The van der Waals surface area contributed by atoms with Gasteiger partial charge in [0.2, 0.25) is 0 Å². The first-order chi connectivity index (χ1) is 7.31. The van der Waals surface area contributed by atoms with Crippen LogP contribution < -0.4 is 24.0 Å². The smallest absolute Gasteiger partial charge is 0.117 e. The van der Waals surface area contributed by atoms with Gasteiger partial charge in [0, 0.05) is 6.42 Å². The summed E-state index contributed by atoms with van der Waals surface area (Å²) in [5.74, 6) is 1.68. The molecule has 0 aromatic carbocycles. The van der Waals surface area contributed by atoms with E-state index in [9.17, 15) is 5.11 Å². The van der Waals surface area contributed by atoms with E-state index in [4.69, 9.17) is 0 Å². The van der Waals surface area contributed by atoms with Crippen LogP contribution in [0.5, 0.6) is 0 Å². The normalized spacial score (nSPS) is 42.5. The Hall–Kier alpha value is 0.650. The van der Waals surface area contributed by atoms with E-state index in [2.05, 4.69) is 28.1 Å². The van der Waals surface area contributed by atoms with Crippen molar-refractivity contribution in [1.82, 2.24) is 0 Å². The van der Waals surface area contributed by atoms with Gasteiger partial charge in [-0.25, -0.2) is 0 Å². The van der Waals surface area contributed by atoms with Crippen LogP contribution in [0.15, 0.2) is 0 Å². The minimum absolute atomic E-state index is 0. The van der Waals surface area contributed by atoms with Gasteiger partial charge in [-0.2, -0.15) is 0 Å². The second-order valence-electron chi connectivity index (χ2n) is 7.23. The minimum Gasteiger partial charge on any atom is -1.00 e. The third-order valence-corrected chi connectivity index (χ3v) is 4.92. The Morgan fingerprint density at radius 3 is 2.12 bits per heavy atom. The van der Waals surface area contributed by atoms with E-state index in [1.165, 1.54) is 32.1 Å². The molecule has 0 bridgehead atoms. The number of likely N-dealkylation sites (N-methyl/N-ethyl adjacent to an activating group) is 1. The van der Waals surface area contributed by atoms with Gasteiger partial charge in [-0.15, -0.1) is 0 Å². The average Bonchev–Trinajstić information content (AvgIpc) is 2.13. The number of fused-ring (bicyclic) bond motifs is 1. The maximum Gasteiger partial charge on any atom is 0.117 e. The molecule has 2 nitrogen and oxygen atoms in total. The molecule has 0 aliphatic heterocycles. The molecule has 2 rings (SSSR count). The van der Waals surface area contributed by atoms with E-state index in [-0.39, 0.29) is 24.0 Å². The molecule has 4 atom stereocenters. The van der Waals surface area contributed by atoms with Crippen LogP contribution in [-0.2, 0) is 0 Å². The van der Waals surface area contributed by atoms with E-state index in [1.807, 2.05) is 0 Å². The first-order valence-electron chi connectivity index (χ1n) is 6.84. The molecule has 3 heteroatoms. The molecule has 0 saturated heterocycles. The van der Waals surface area contributed by atoms with Gasteiger partial charge in [-0.05, 0) is 31.6 Å². The molecule has 0 radical (unpaired) electrons. The van der Waals surface area contributed by atoms with E-state index >= 15 is 0 Å². The monoisotopic (exact) mass is 353 g/mol. The maximum absolute atomic E-state index is 10.7. The van der Waals surface area contributed by atoms with Crippen LogP contribution in [0.1, 0.15) is 45.4 Å². The van der Waals surface area contributed by atoms with Crippen molar-refractivity contribution >= 4 is 0 Å². The summed E-state index contributed by atoms with van der Waals surface area (Å²) < 4.78 is 0.899. The van der Waals surface area contributed by atoms with Crippen molar-refractivity contribution in [2.24, 2.45) is 11.8 Å². The molecule has 0 heterocycles. The van der Waals surface area contributed by atoms with Crippen LogP contribution >= 0.6 is 0 Å². The third kappa shape index (κ3) is 3.35. The van der Waals surface area contributed by atoms with E-state index in [0.717, 1.165) is 22.7 Å². The minimum atomic E-state index is -0.462. The van der Waals surface area contributed by atoms with Gasteiger partial charge in [0.05, 0.1) is 21.1 Å². The number of quaternary nitrogens is 1. The van der Waals surface area contributed by atoms with Gasteiger partial charge >= 0.3 is 0 Å². The topological polar surface area (TPSA) is 20.2 Å². The molecule has 0 aromatic heterocycles. The highest BCUT2D eigenvalue weighted by Gasteiger charge is 2.49. The summed E-state index contributed by atoms with van der Waals surface area (Å²) >= 11 is 0. The van der Waals surface area contributed by atoms with Gasteiger partial charge in [-0.1, -0.05) is 19.3 Å². The quantitative estimate of drug-likeness (QED) is 0.494. The first kappa shape index (κ1) is 15.7. The Balaban J connectivity index is 0.00000144. The second-order valence-corrected chi connectivity index (χ2v) is 7.23. The fraction of sp³-hybridized carbons (Fsp3) is 1.00. The van der Waals surface area contributed by atoms with Crippen molar-refractivity contribution in [3.05, 3.63) is 0 Å². The van der Waals surface area contributed by atoms with Crippen molar-refractivity contribution < 1.29 is 33.6 Å². The van der Waals surface area contributed by atoms with Gasteiger partial charge in [-0.3, -0.25) is 0 Å². The van der Waals surface area contributed by atoms with Crippen molar-refractivity contribution in [2.75, 3.05) is 21.1 Å². The van der Waals surface area contributed by atoms with Crippen molar-refractivity contribution in [3.63, 3.8) is 0 Å². The van der Waals surface area contributed by atoms with Crippen molar-refractivity contribution in [2.45, 2.75) is 57.1 Å². The third-order valence-electron chi connectivity index (χ3n) is 4.92. The number of halogens is 1. The summed E-state index contributed by atoms with van der Waals surface area (Å²) in [6.45, 7) is 2.06. The second kappa shape index (κ2) is 5.33. The summed E-state index contributed by atoms with van der Waals surface area (Å²) in [6.07, 6.45) is 7.79. The zero-order valence-corrected chi connectivity index (χ0v) is 13.9. The average molecular weight is 353 g/mol. The molecule has 2 fully saturated rings. The molecule has 102 valence electrons. The predicted molar refractivity (Wildman–Crippen MR) is 67.1 cm³/mol. The molecule has 0 spiro atoms. The largest absolute Gasteiger partial charge is 1.00 e. The van der Waals surface area contributed by atoms with Gasteiger partial charge in [0.1, 0.15) is 11.6 Å². The predicted octanol–water partition coefficient (Wildman–Crippen LogP) is -0.584. The van der Waals surface area contributed by atoms with E-state index in [1.54, 1.807) is 0 Å². The van der Waals surface area contributed by atoms with Crippen LogP contribution in [0.4, 0.5) is 0 Å². The zero-order chi connectivity index (χ0) is 12.0. The highest BCUT2D eigenvalue weighted by Crippen LogP contribution is 2.46. The Morgan fingerprint density at radius 2 is 1.59 bits per heavy atom. The number of hydrogen-bond donors (Lipinski definition) is 1. The van der Waals surface area contributed by atoms with Crippen LogP contribution in [0.25, 0.3) is 0 Å². The van der Waals surface area contributed by atoms with Crippen LogP contribution in [0.3, 0.4) is 0 Å². The Morgan fingerprint density at radius 1 is 1.06 bits per heavy atom. The Bertz CT molecular complexity index is 259. The molecular formula is C14H28INO. The van der Waals surface area contributed by atoms with Crippen LogP contribution in [-0.4, -0.2) is 42.4 Å². The fourth-order valence-electron chi connectivity index (χ4n) is 4.22. The SMILES string of the molecule is C[C@@]1(O)CC2CCCCC2CC1[N+](C)(C)C.[I-]. The standard InChI is InChI=1S/C14H28NO.HI/c1-14(16)10-12-8-6-5-7-11(12)9-13(14)15(2,3)4;/h11-13,16H,5-10H2,1-4H3;1H/q+1;/p-1/t11?,12?,13?,14-;/m1./s1. The molecule has 2 aliphatic carbocycles. The van der Waals surface area contributed by atoms with Gasteiger partial charge in [0.15, 0.2) is 0 Å². The number of rotatable bonds is 1. The van der Waals surface area contributed by atoms with Crippen molar-refractivity contribution in [3.8, 4) is 0 Å². The maximum atomic E-state index is 10.7. The number of nitrogens with zero attached hydrogens (tertiary/aromatic N) is 1. The number of hydrogen-bond acceptors (Lipinski definition) is 1. The molecule has 2 saturated carbocycles. The van der Waals surface area contributed by atoms with Gasteiger partial charge < -0.3 is 33.6 Å². The molecule has 2 aliphatic rings. The fourth-order valence-corrected chi connectivity index (χ4v) is 4.22. The van der Waals surface area contributed by atoms with E-state index < -0.39 is 5.60 Å². The molecule has 1 N–H and O–H groups in total. The Kier molecular flexibility index (Phi) is 4.93.